The van der Waals surface area contributed by atoms with Crippen molar-refractivity contribution in [3.8, 4) is 17.3 Å². The van der Waals surface area contributed by atoms with E-state index in [9.17, 15) is 26.9 Å². The predicted molar refractivity (Wildman–Crippen MR) is 107 cm³/mol. The normalized spacial score (nSPS) is 24.6. The van der Waals surface area contributed by atoms with Crippen molar-refractivity contribution in [3.05, 3.63) is 35.8 Å². The Kier molecular flexibility index (Phi) is 4.33. The second-order valence-corrected chi connectivity index (χ2v) is 9.99. The second kappa shape index (κ2) is 6.62. The molecule has 172 valence electrons. The minimum atomic E-state index is -4.84. The van der Waals surface area contributed by atoms with Crippen molar-refractivity contribution in [1.29, 1.82) is 5.26 Å². The van der Waals surface area contributed by atoms with Gasteiger partial charge in [-0.2, -0.15) is 18.4 Å². The van der Waals surface area contributed by atoms with Gasteiger partial charge in [-0.1, -0.05) is 6.07 Å². The van der Waals surface area contributed by atoms with Gasteiger partial charge in [-0.15, -0.1) is 5.10 Å². The lowest BCUT2D eigenvalue weighted by molar-refractivity contribution is -0.145. The number of nitrogen functional groups attached to an aromatic ring is 1. The molecule has 3 aliphatic rings. The van der Waals surface area contributed by atoms with E-state index in [1.165, 1.54) is 24.4 Å². The van der Waals surface area contributed by atoms with Crippen LogP contribution in [0, 0.1) is 18.3 Å². The predicted octanol–water partition coefficient (Wildman–Crippen LogP) is 1.80. The summed E-state index contributed by atoms with van der Waals surface area (Å²) < 4.78 is 74.7. The van der Waals surface area contributed by atoms with Gasteiger partial charge in [-0.05, 0) is 24.6 Å². The van der Waals surface area contributed by atoms with Crippen molar-refractivity contribution < 1.29 is 26.3 Å². The minimum Gasteiger partial charge on any atom is -0.380 e. The summed E-state index contributed by atoms with van der Waals surface area (Å²) in [4.78, 5) is 7.16. The first kappa shape index (κ1) is 21.6. The SMILES string of the molecule is Cc1ccc(S(=O)(=O)NC23COC(C#N)(C2)C3)cc1-c1cnc2c(N)nc(C(F)(F)F)nn12. The van der Waals surface area contributed by atoms with Gasteiger partial charge >= 0.3 is 6.18 Å². The summed E-state index contributed by atoms with van der Waals surface area (Å²) in [7, 11) is -4.03. The Morgan fingerprint density at radius 3 is 2.70 bits per heavy atom. The number of sulfonamides is 1. The molecule has 10 nitrogen and oxygen atoms in total. The van der Waals surface area contributed by atoms with Crippen LogP contribution in [0.4, 0.5) is 19.0 Å². The Morgan fingerprint density at radius 2 is 2.06 bits per heavy atom. The maximum atomic E-state index is 13.2. The van der Waals surface area contributed by atoms with Gasteiger partial charge in [0.1, 0.15) is 0 Å². The molecule has 6 rings (SSSR count). The molecule has 1 aromatic carbocycles. The number of nitrogens with one attached hydrogen (secondary N) is 1. The van der Waals surface area contributed by atoms with E-state index in [0.29, 0.717) is 11.1 Å². The maximum Gasteiger partial charge on any atom is 0.453 e. The first-order valence-electron chi connectivity index (χ1n) is 9.66. The van der Waals surface area contributed by atoms with Crippen molar-refractivity contribution in [2.45, 2.75) is 42.0 Å². The van der Waals surface area contributed by atoms with Gasteiger partial charge in [0, 0.05) is 18.4 Å². The Hall–Kier alpha value is -3.28. The zero-order valence-electron chi connectivity index (χ0n) is 17.0. The van der Waals surface area contributed by atoms with Gasteiger partial charge in [0.15, 0.2) is 17.1 Å². The molecule has 2 aromatic heterocycles. The van der Waals surface area contributed by atoms with Crippen LogP contribution < -0.4 is 10.5 Å². The Labute approximate surface area is 185 Å². The molecule has 33 heavy (non-hydrogen) atoms. The van der Waals surface area contributed by atoms with Gasteiger partial charge in [-0.3, -0.25) is 0 Å². The Morgan fingerprint density at radius 1 is 1.33 bits per heavy atom. The van der Waals surface area contributed by atoms with Crippen LogP contribution in [0.2, 0.25) is 0 Å². The standard InChI is InChI=1S/C19H16F3N7O3S/c1-10-2-3-11(33(30,31)28-17-6-18(7-17,8-23)32-9-17)4-12(10)13-5-25-15-14(24)26-16(19(20,21)22)27-29(13)15/h2-5,28H,6-7,9H2,1H3,(H2,24,26,27). The number of nitrogens with two attached hydrogens (primary N) is 1. The van der Waals surface area contributed by atoms with E-state index in [-0.39, 0.29) is 35.7 Å². The molecular weight excluding hydrogens is 463 g/mol. The quantitative estimate of drug-likeness (QED) is 0.576. The van der Waals surface area contributed by atoms with Crippen LogP contribution in [-0.2, 0) is 20.9 Å². The van der Waals surface area contributed by atoms with Crippen LogP contribution in [0.25, 0.3) is 16.9 Å². The Bertz CT molecular complexity index is 1450. The molecule has 0 atom stereocenters. The zero-order valence-corrected chi connectivity index (χ0v) is 17.8. The number of aromatic nitrogens is 4. The number of aryl methyl sites for hydroxylation is 1. The molecular formula is C19H16F3N7O3S. The number of fused-ring (bicyclic) bond motifs is 2. The van der Waals surface area contributed by atoms with Crippen LogP contribution in [0.15, 0.2) is 29.3 Å². The monoisotopic (exact) mass is 479 g/mol. The lowest BCUT2D eigenvalue weighted by atomic mass is 9.70. The largest absolute Gasteiger partial charge is 0.453 e. The summed E-state index contributed by atoms with van der Waals surface area (Å²) in [5.41, 5.74) is 4.75. The molecule has 0 amide bonds. The van der Waals surface area contributed by atoms with Crippen LogP contribution >= 0.6 is 0 Å². The molecule has 0 spiro atoms. The van der Waals surface area contributed by atoms with Crippen LogP contribution in [0.3, 0.4) is 0 Å². The van der Waals surface area contributed by atoms with Gasteiger partial charge in [0.25, 0.3) is 5.82 Å². The molecule has 4 heterocycles. The average Bonchev–Trinajstić information content (AvgIpc) is 3.38. The van der Waals surface area contributed by atoms with Gasteiger partial charge in [0.05, 0.1) is 35.0 Å². The molecule has 0 radical (unpaired) electrons. The van der Waals surface area contributed by atoms with E-state index in [2.05, 4.69) is 25.9 Å². The first-order valence-corrected chi connectivity index (χ1v) is 11.1. The van der Waals surface area contributed by atoms with E-state index in [0.717, 1.165) is 4.52 Å². The summed E-state index contributed by atoms with van der Waals surface area (Å²) in [6.45, 7) is 1.76. The molecule has 0 unspecified atom stereocenters. The fraction of sp³-hybridized carbons (Fsp3) is 0.368. The summed E-state index contributed by atoms with van der Waals surface area (Å²) in [5.74, 6) is -1.90. The van der Waals surface area contributed by atoms with Gasteiger partial charge < -0.3 is 10.5 Å². The molecule has 2 bridgehead atoms. The highest BCUT2D eigenvalue weighted by Gasteiger charge is 2.64. The van der Waals surface area contributed by atoms with Crippen molar-refractivity contribution >= 4 is 21.5 Å². The number of anilines is 1. The molecule has 14 heteroatoms. The number of nitrogens with zero attached hydrogens (tertiary/aromatic N) is 5. The summed E-state index contributed by atoms with van der Waals surface area (Å²) >= 11 is 0. The minimum absolute atomic E-state index is 0.0855. The molecule has 1 aliphatic carbocycles. The number of imidazole rings is 1. The molecule has 3 N–H and O–H groups in total. The van der Waals surface area contributed by atoms with Crippen LogP contribution in [0.5, 0.6) is 0 Å². The summed E-state index contributed by atoms with van der Waals surface area (Å²) in [6, 6.07) is 6.30. The first-order chi connectivity index (χ1) is 15.4. The van der Waals surface area contributed by atoms with E-state index in [1.54, 1.807) is 6.92 Å². The lowest BCUT2D eigenvalue weighted by Gasteiger charge is -2.40. The number of nitriles is 1. The van der Waals surface area contributed by atoms with E-state index >= 15 is 0 Å². The van der Waals surface area contributed by atoms with E-state index < -0.39 is 39.0 Å². The maximum absolute atomic E-state index is 13.2. The molecule has 2 aliphatic heterocycles. The third-order valence-corrected chi connectivity index (χ3v) is 7.44. The highest BCUT2D eigenvalue weighted by atomic mass is 32.2. The third-order valence-electron chi connectivity index (χ3n) is 5.86. The van der Waals surface area contributed by atoms with Crippen LogP contribution in [0.1, 0.15) is 24.2 Å². The summed E-state index contributed by atoms with van der Waals surface area (Å²) in [6.07, 6.45) is -3.09. The number of ether oxygens (including phenoxy) is 1. The highest BCUT2D eigenvalue weighted by molar-refractivity contribution is 7.89. The number of hydrogen-bond donors (Lipinski definition) is 2. The van der Waals surface area contributed by atoms with E-state index in [1.807, 2.05) is 0 Å². The number of rotatable bonds is 4. The fourth-order valence-electron chi connectivity index (χ4n) is 4.33. The van der Waals surface area contributed by atoms with Crippen molar-refractivity contribution in [2.75, 3.05) is 12.3 Å². The second-order valence-electron chi connectivity index (χ2n) is 8.31. The topological polar surface area (TPSA) is 148 Å². The average molecular weight is 479 g/mol. The van der Waals surface area contributed by atoms with Gasteiger partial charge in [-0.25, -0.2) is 27.6 Å². The number of benzene rings is 1. The van der Waals surface area contributed by atoms with Gasteiger partial charge in [0.2, 0.25) is 10.0 Å². The Balaban J connectivity index is 1.56. The molecule has 3 fully saturated rings. The number of halogens is 3. The van der Waals surface area contributed by atoms with Crippen molar-refractivity contribution in [3.63, 3.8) is 0 Å². The molecule has 2 saturated heterocycles. The lowest BCUT2D eigenvalue weighted by Crippen LogP contribution is -2.59. The fourth-order valence-corrected chi connectivity index (χ4v) is 5.74. The highest BCUT2D eigenvalue weighted by Crippen LogP contribution is 2.51. The number of alkyl halides is 3. The van der Waals surface area contributed by atoms with Crippen molar-refractivity contribution in [1.82, 2.24) is 24.3 Å². The summed E-state index contributed by atoms with van der Waals surface area (Å²) in [5, 5.41) is 12.7. The van der Waals surface area contributed by atoms with Crippen LogP contribution in [-0.4, -0.2) is 45.7 Å². The van der Waals surface area contributed by atoms with Crippen molar-refractivity contribution in [2.24, 2.45) is 0 Å². The zero-order chi connectivity index (χ0) is 23.8. The molecule has 1 saturated carbocycles. The third kappa shape index (κ3) is 3.31. The number of hydrogen-bond acceptors (Lipinski definition) is 8. The smallest absolute Gasteiger partial charge is 0.380 e. The van der Waals surface area contributed by atoms with E-state index in [4.69, 9.17) is 10.5 Å². The molecule has 3 aromatic rings.